The van der Waals surface area contributed by atoms with E-state index in [-0.39, 0.29) is 18.4 Å². The summed E-state index contributed by atoms with van der Waals surface area (Å²) in [5.74, 6) is 0.364. The molecule has 2 aliphatic rings. The van der Waals surface area contributed by atoms with Crippen LogP contribution in [-0.2, 0) is 9.53 Å². The molecule has 0 saturated carbocycles. The van der Waals surface area contributed by atoms with Crippen LogP contribution in [0.15, 0.2) is 0 Å². The number of rotatable bonds is 4. The molecule has 2 fully saturated rings. The van der Waals surface area contributed by atoms with Crippen molar-refractivity contribution < 1.29 is 14.6 Å². The van der Waals surface area contributed by atoms with Crippen molar-refractivity contribution in [2.75, 3.05) is 26.4 Å². The normalized spacial score (nSPS) is 29.6. The zero-order chi connectivity index (χ0) is 12.1. The van der Waals surface area contributed by atoms with Crippen LogP contribution in [0.2, 0.25) is 0 Å². The van der Waals surface area contributed by atoms with Gasteiger partial charge in [-0.25, -0.2) is 0 Å². The van der Waals surface area contributed by atoms with E-state index in [1.807, 2.05) is 4.90 Å². The molecule has 4 nitrogen and oxygen atoms in total. The number of aliphatic hydroxyl groups excluding tert-OH is 1. The highest BCUT2D eigenvalue weighted by molar-refractivity contribution is 5.79. The molecule has 2 rings (SSSR count). The van der Waals surface area contributed by atoms with Crippen LogP contribution in [0.4, 0.5) is 0 Å². The molecule has 0 aromatic heterocycles. The van der Waals surface area contributed by atoms with Gasteiger partial charge in [0.15, 0.2) is 0 Å². The van der Waals surface area contributed by atoms with E-state index < -0.39 is 0 Å². The second kappa shape index (κ2) is 6.36. The van der Waals surface area contributed by atoms with Gasteiger partial charge in [0.25, 0.3) is 0 Å². The molecule has 2 unspecified atom stereocenters. The van der Waals surface area contributed by atoms with Crippen LogP contribution in [0.5, 0.6) is 0 Å². The molecule has 0 radical (unpaired) electrons. The van der Waals surface area contributed by atoms with Gasteiger partial charge in [0.1, 0.15) is 0 Å². The Kier molecular flexibility index (Phi) is 4.80. The van der Waals surface area contributed by atoms with Gasteiger partial charge < -0.3 is 14.7 Å². The van der Waals surface area contributed by atoms with Gasteiger partial charge in [0, 0.05) is 25.8 Å². The molecular formula is C13H23NO3. The fourth-order valence-electron chi connectivity index (χ4n) is 2.92. The van der Waals surface area contributed by atoms with Gasteiger partial charge in [-0.1, -0.05) is 0 Å². The molecule has 2 heterocycles. The summed E-state index contributed by atoms with van der Waals surface area (Å²) in [7, 11) is 0. The molecule has 0 aromatic carbocycles. The summed E-state index contributed by atoms with van der Waals surface area (Å²) < 4.78 is 5.39. The number of aliphatic hydroxyl groups is 1. The predicted molar refractivity (Wildman–Crippen MR) is 64.6 cm³/mol. The summed E-state index contributed by atoms with van der Waals surface area (Å²) in [6, 6.07) is 0.358. The molecule has 1 amide bonds. The highest BCUT2D eigenvalue weighted by Gasteiger charge is 2.33. The zero-order valence-corrected chi connectivity index (χ0v) is 10.4. The lowest BCUT2D eigenvalue weighted by Gasteiger charge is -2.30. The third kappa shape index (κ3) is 3.19. The first kappa shape index (κ1) is 12.8. The Morgan fingerprint density at radius 1 is 1.35 bits per heavy atom. The Morgan fingerprint density at radius 2 is 2.24 bits per heavy atom. The third-order valence-electron chi connectivity index (χ3n) is 3.87. The van der Waals surface area contributed by atoms with Crippen LogP contribution in [0.25, 0.3) is 0 Å². The number of amides is 1. The molecule has 2 atom stereocenters. The van der Waals surface area contributed by atoms with Gasteiger partial charge in [0.05, 0.1) is 12.5 Å². The SMILES string of the molecule is O=C(C1CCCOC1)N1CCCC1CCCO. The number of carbonyl (C=O) groups excluding carboxylic acids is 1. The van der Waals surface area contributed by atoms with Crippen molar-refractivity contribution in [3.63, 3.8) is 0 Å². The molecule has 98 valence electrons. The minimum Gasteiger partial charge on any atom is -0.396 e. The monoisotopic (exact) mass is 241 g/mol. The third-order valence-corrected chi connectivity index (χ3v) is 3.87. The maximum atomic E-state index is 12.4. The lowest BCUT2D eigenvalue weighted by atomic mass is 9.99. The molecular weight excluding hydrogens is 218 g/mol. The van der Waals surface area contributed by atoms with Gasteiger partial charge in [-0.2, -0.15) is 0 Å². The minimum atomic E-state index is 0.0819. The van der Waals surface area contributed by atoms with Crippen molar-refractivity contribution in [2.24, 2.45) is 5.92 Å². The number of carbonyl (C=O) groups is 1. The summed E-state index contributed by atoms with van der Waals surface area (Å²) in [6.45, 7) is 2.52. The van der Waals surface area contributed by atoms with Crippen molar-refractivity contribution in [3.05, 3.63) is 0 Å². The predicted octanol–water partition coefficient (Wildman–Crippen LogP) is 1.18. The highest BCUT2D eigenvalue weighted by Crippen LogP contribution is 2.25. The first-order valence-electron chi connectivity index (χ1n) is 6.82. The van der Waals surface area contributed by atoms with Crippen LogP contribution in [0.3, 0.4) is 0 Å². The van der Waals surface area contributed by atoms with Crippen molar-refractivity contribution in [2.45, 2.75) is 44.6 Å². The first-order valence-corrected chi connectivity index (χ1v) is 6.82. The molecule has 4 heteroatoms. The van der Waals surface area contributed by atoms with Crippen LogP contribution in [0.1, 0.15) is 38.5 Å². The van der Waals surface area contributed by atoms with Gasteiger partial charge in [0.2, 0.25) is 5.91 Å². The van der Waals surface area contributed by atoms with E-state index in [1.165, 1.54) is 0 Å². The summed E-state index contributed by atoms with van der Waals surface area (Å²) in [5.41, 5.74) is 0. The maximum Gasteiger partial charge on any atom is 0.228 e. The average Bonchev–Trinajstić information content (AvgIpc) is 2.84. The van der Waals surface area contributed by atoms with E-state index in [2.05, 4.69) is 0 Å². The Morgan fingerprint density at radius 3 is 2.94 bits per heavy atom. The average molecular weight is 241 g/mol. The molecule has 0 aliphatic carbocycles. The maximum absolute atomic E-state index is 12.4. The molecule has 2 saturated heterocycles. The second-order valence-corrected chi connectivity index (χ2v) is 5.11. The number of hydrogen-bond donors (Lipinski definition) is 1. The topological polar surface area (TPSA) is 49.8 Å². The molecule has 0 bridgehead atoms. The Balaban J connectivity index is 1.88. The summed E-state index contributed by atoms with van der Waals surface area (Å²) >= 11 is 0. The summed E-state index contributed by atoms with van der Waals surface area (Å²) in [6.07, 6.45) is 5.92. The number of ether oxygens (including phenoxy) is 1. The standard InChI is InChI=1S/C13H23NO3/c15-8-2-6-12-5-1-7-14(12)13(16)11-4-3-9-17-10-11/h11-12,15H,1-10H2. The lowest BCUT2D eigenvalue weighted by molar-refractivity contribution is -0.140. The van der Waals surface area contributed by atoms with E-state index in [4.69, 9.17) is 9.84 Å². The van der Waals surface area contributed by atoms with E-state index >= 15 is 0 Å². The summed E-state index contributed by atoms with van der Waals surface area (Å²) in [5, 5.41) is 8.88. The smallest absolute Gasteiger partial charge is 0.228 e. The lowest BCUT2D eigenvalue weighted by Crippen LogP contribution is -2.42. The van der Waals surface area contributed by atoms with E-state index in [9.17, 15) is 4.79 Å². The zero-order valence-electron chi connectivity index (χ0n) is 10.4. The van der Waals surface area contributed by atoms with Gasteiger partial charge >= 0.3 is 0 Å². The van der Waals surface area contributed by atoms with Gasteiger partial charge in [-0.3, -0.25) is 4.79 Å². The molecule has 17 heavy (non-hydrogen) atoms. The van der Waals surface area contributed by atoms with Crippen LogP contribution in [0, 0.1) is 5.92 Å². The van der Waals surface area contributed by atoms with E-state index in [0.717, 1.165) is 51.7 Å². The second-order valence-electron chi connectivity index (χ2n) is 5.11. The van der Waals surface area contributed by atoms with Crippen LogP contribution < -0.4 is 0 Å². The Labute approximate surface area is 103 Å². The Bertz CT molecular complexity index is 251. The molecule has 0 aromatic rings. The quantitative estimate of drug-likeness (QED) is 0.804. The fraction of sp³-hybridized carbons (Fsp3) is 0.923. The van der Waals surface area contributed by atoms with Crippen molar-refractivity contribution in [3.8, 4) is 0 Å². The number of hydrogen-bond acceptors (Lipinski definition) is 3. The number of nitrogens with zero attached hydrogens (tertiary/aromatic N) is 1. The fourth-order valence-corrected chi connectivity index (χ4v) is 2.92. The molecule has 1 N–H and O–H groups in total. The van der Waals surface area contributed by atoms with Gasteiger partial charge in [-0.05, 0) is 38.5 Å². The highest BCUT2D eigenvalue weighted by atomic mass is 16.5. The van der Waals surface area contributed by atoms with Crippen LogP contribution >= 0.6 is 0 Å². The van der Waals surface area contributed by atoms with E-state index in [1.54, 1.807) is 0 Å². The molecule has 0 spiro atoms. The van der Waals surface area contributed by atoms with E-state index in [0.29, 0.717) is 12.6 Å². The van der Waals surface area contributed by atoms with Crippen molar-refractivity contribution in [1.82, 2.24) is 4.90 Å². The van der Waals surface area contributed by atoms with Crippen LogP contribution in [-0.4, -0.2) is 48.3 Å². The molecule has 2 aliphatic heterocycles. The summed E-state index contributed by atoms with van der Waals surface area (Å²) in [4.78, 5) is 14.4. The number of likely N-dealkylation sites (tertiary alicyclic amines) is 1. The van der Waals surface area contributed by atoms with Crippen molar-refractivity contribution >= 4 is 5.91 Å². The first-order chi connectivity index (χ1) is 8.33. The minimum absolute atomic E-state index is 0.0819. The largest absolute Gasteiger partial charge is 0.396 e. The Hall–Kier alpha value is -0.610. The van der Waals surface area contributed by atoms with Gasteiger partial charge in [-0.15, -0.1) is 0 Å². The van der Waals surface area contributed by atoms with Crippen molar-refractivity contribution in [1.29, 1.82) is 0 Å².